The van der Waals surface area contributed by atoms with E-state index >= 15 is 0 Å². The Morgan fingerprint density at radius 2 is 2.19 bits per heavy atom. The van der Waals surface area contributed by atoms with Crippen LogP contribution in [-0.2, 0) is 11.2 Å². The number of hydrogen-bond acceptors (Lipinski definition) is 2. The summed E-state index contributed by atoms with van der Waals surface area (Å²) in [7, 11) is 1.69. The first kappa shape index (κ1) is 11.2. The first-order chi connectivity index (χ1) is 7.67. The first-order valence-corrected chi connectivity index (χ1v) is 5.67. The summed E-state index contributed by atoms with van der Waals surface area (Å²) in [6.07, 6.45) is 5.24. The standard InChI is InChI=1S/C14H18O2/c1-4-11-5-6-13-12(9-11)7-8-14(2,16-13)10-15-3/h5-9H,4,10H2,1-3H3/t14-/m0/s1. The third-order valence-corrected chi connectivity index (χ3v) is 2.87. The molecule has 1 atom stereocenters. The average molecular weight is 218 g/mol. The van der Waals surface area contributed by atoms with E-state index < -0.39 is 0 Å². The number of benzene rings is 1. The summed E-state index contributed by atoms with van der Waals surface area (Å²) in [4.78, 5) is 0. The number of methoxy groups -OCH3 is 1. The van der Waals surface area contributed by atoms with Crippen LogP contribution in [0.5, 0.6) is 5.75 Å². The van der Waals surface area contributed by atoms with Crippen molar-refractivity contribution in [3.8, 4) is 5.75 Å². The number of aryl methyl sites for hydroxylation is 1. The molecule has 0 amide bonds. The maximum atomic E-state index is 5.95. The van der Waals surface area contributed by atoms with Gasteiger partial charge in [-0.25, -0.2) is 0 Å². The molecule has 0 saturated heterocycles. The van der Waals surface area contributed by atoms with Crippen LogP contribution in [0.15, 0.2) is 24.3 Å². The Hall–Kier alpha value is -1.28. The van der Waals surface area contributed by atoms with Gasteiger partial charge < -0.3 is 9.47 Å². The van der Waals surface area contributed by atoms with Crippen molar-refractivity contribution in [2.75, 3.05) is 13.7 Å². The molecule has 0 bridgehead atoms. The van der Waals surface area contributed by atoms with Gasteiger partial charge in [0.15, 0.2) is 0 Å². The summed E-state index contributed by atoms with van der Waals surface area (Å²) in [6, 6.07) is 6.34. The van der Waals surface area contributed by atoms with Crippen LogP contribution in [0.2, 0.25) is 0 Å². The van der Waals surface area contributed by atoms with Gasteiger partial charge in [0.1, 0.15) is 11.4 Å². The molecule has 0 saturated carbocycles. The Balaban J connectivity index is 2.29. The summed E-state index contributed by atoms with van der Waals surface area (Å²) in [5, 5.41) is 0. The van der Waals surface area contributed by atoms with Crippen molar-refractivity contribution in [1.29, 1.82) is 0 Å². The van der Waals surface area contributed by atoms with Crippen molar-refractivity contribution in [1.82, 2.24) is 0 Å². The Morgan fingerprint density at radius 3 is 2.88 bits per heavy atom. The normalized spacial score (nSPS) is 22.7. The van der Waals surface area contributed by atoms with Crippen molar-refractivity contribution in [3.63, 3.8) is 0 Å². The quantitative estimate of drug-likeness (QED) is 0.776. The molecule has 0 N–H and O–H groups in total. The highest BCUT2D eigenvalue weighted by Gasteiger charge is 2.27. The Bertz CT molecular complexity index is 409. The van der Waals surface area contributed by atoms with Gasteiger partial charge in [-0.15, -0.1) is 0 Å². The molecule has 1 aliphatic rings. The monoisotopic (exact) mass is 218 g/mol. The lowest BCUT2D eigenvalue weighted by molar-refractivity contribution is 0.0378. The predicted octanol–water partition coefficient (Wildman–Crippen LogP) is 3.06. The van der Waals surface area contributed by atoms with E-state index in [1.807, 2.05) is 13.0 Å². The number of fused-ring (bicyclic) bond motifs is 1. The highest BCUT2D eigenvalue weighted by Crippen LogP contribution is 2.31. The van der Waals surface area contributed by atoms with Crippen LogP contribution in [0.1, 0.15) is 25.0 Å². The largest absolute Gasteiger partial charge is 0.480 e. The number of ether oxygens (including phenoxy) is 2. The van der Waals surface area contributed by atoms with Gasteiger partial charge >= 0.3 is 0 Å². The molecule has 86 valence electrons. The molecule has 1 aliphatic heterocycles. The lowest BCUT2D eigenvalue weighted by Crippen LogP contribution is -2.36. The van der Waals surface area contributed by atoms with Crippen molar-refractivity contribution in [2.45, 2.75) is 25.9 Å². The summed E-state index contributed by atoms with van der Waals surface area (Å²) in [5.41, 5.74) is 2.16. The Labute approximate surface area is 96.9 Å². The van der Waals surface area contributed by atoms with Gasteiger partial charge in [-0.05, 0) is 37.1 Å². The summed E-state index contributed by atoms with van der Waals surface area (Å²) >= 11 is 0. The van der Waals surface area contributed by atoms with Crippen LogP contribution in [0, 0.1) is 0 Å². The second-order valence-corrected chi connectivity index (χ2v) is 4.41. The molecular formula is C14H18O2. The lowest BCUT2D eigenvalue weighted by atomic mass is 9.99. The van der Waals surface area contributed by atoms with Crippen LogP contribution in [0.25, 0.3) is 6.08 Å². The topological polar surface area (TPSA) is 18.5 Å². The minimum atomic E-state index is -0.338. The van der Waals surface area contributed by atoms with Crippen LogP contribution < -0.4 is 4.74 Å². The summed E-state index contributed by atoms with van der Waals surface area (Å²) in [5.74, 6) is 0.944. The maximum absolute atomic E-state index is 5.95. The fourth-order valence-corrected chi connectivity index (χ4v) is 1.96. The van der Waals surface area contributed by atoms with Gasteiger partial charge in [0.05, 0.1) is 6.61 Å². The van der Waals surface area contributed by atoms with E-state index in [1.54, 1.807) is 7.11 Å². The zero-order chi connectivity index (χ0) is 11.6. The van der Waals surface area contributed by atoms with Crippen molar-refractivity contribution in [3.05, 3.63) is 35.4 Å². The van der Waals surface area contributed by atoms with Gasteiger partial charge in [-0.1, -0.05) is 19.1 Å². The van der Waals surface area contributed by atoms with E-state index in [0.717, 1.165) is 17.7 Å². The van der Waals surface area contributed by atoms with Gasteiger partial charge in [-0.2, -0.15) is 0 Å². The van der Waals surface area contributed by atoms with E-state index in [4.69, 9.17) is 9.47 Å². The molecule has 0 unspecified atom stereocenters. The molecule has 2 nitrogen and oxygen atoms in total. The SMILES string of the molecule is CCc1ccc2c(c1)C=C[C@@](C)(COC)O2. The fraction of sp³-hybridized carbons (Fsp3) is 0.429. The van der Waals surface area contributed by atoms with E-state index in [0.29, 0.717) is 6.61 Å². The van der Waals surface area contributed by atoms with Crippen LogP contribution >= 0.6 is 0 Å². The molecule has 0 aliphatic carbocycles. The summed E-state index contributed by atoms with van der Waals surface area (Å²) in [6.45, 7) is 4.76. The van der Waals surface area contributed by atoms with Crippen LogP contribution in [-0.4, -0.2) is 19.3 Å². The zero-order valence-electron chi connectivity index (χ0n) is 10.1. The van der Waals surface area contributed by atoms with Gasteiger partial charge in [-0.3, -0.25) is 0 Å². The Kier molecular flexibility index (Phi) is 3.01. The second-order valence-electron chi connectivity index (χ2n) is 4.41. The molecule has 0 fully saturated rings. The minimum Gasteiger partial charge on any atom is -0.480 e. The van der Waals surface area contributed by atoms with E-state index in [-0.39, 0.29) is 5.60 Å². The third-order valence-electron chi connectivity index (χ3n) is 2.87. The smallest absolute Gasteiger partial charge is 0.148 e. The molecule has 0 radical (unpaired) electrons. The minimum absolute atomic E-state index is 0.338. The molecule has 0 spiro atoms. The lowest BCUT2D eigenvalue weighted by Gasteiger charge is -2.31. The van der Waals surface area contributed by atoms with Crippen molar-refractivity contribution < 1.29 is 9.47 Å². The maximum Gasteiger partial charge on any atom is 0.148 e. The molecular weight excluding hydrogens is 200 g/mol. The number of hydrogen-bond donors (Lipinski definition) is 0. The van der Waals surface area contributed by atoms with Crippen LogP contribution in [0.3, 0.4) is 0 Å². The Morgan fingerprint density at radius 1 is 1.38 bits per heavy atom. The fourth-order valence-electron chi connectivity index (χ4n) is 1.96. The summed E-state index contributed by atoms with van der Waals surface area (Å²) < 4.78 is 11.1. The highest BCUT2D eigenvalue weighted by molar-refractivity contribution is 5.61. The van der Waals surface area contributed by atoms with Gasteiger partial charge in [0.25, 0.3) is 0 Å². The molecule has 2 heteroatoms. The van der Waals surface area contributed by atoms with E-state index in [2.05, 4.69) is 31.2 Å². The van der Waals surface area contributed by atoms with E-state index in [1.165, 1.54) is 5.56 Å². The van der Waals surface area contributed by atoms with E-state index in [9.17, 15) is 0 Å². The van der Waals surface area contributed by atoms with Crippen LogP contribution in [0.4, 0.5) is 0 Å². The second kappa shape index (κ2) is 4.30. The highest BCUT2D eigenvalue weighted by atomic mass is 16.5. The van der Waals surface area contributed by atoms with Gasteiger partial charge in [0.2, 0.25) is 0 Å². The average Bonchev–Trinajstić information content (AvgIpc) is 2.28. The van der Waals surface area contributed by atoms with Gasteiger partial charge in [0, 0.05) is 12.7 Å². The zero-order valence-corrected chi connectivity index (χ0v) is 10.1. The molecule has 1 aromatic carbocycles. The number of rotatable bonds is 3. The predicted molar refractivity (Wildman–Crippen MR) is 65.8 cm³/mol. The molecule has 1 heterocycles. The molecule has 16 heavy (non-hydrogen) atoms. The third kappa shape index (κ3) is 2.12. The molecule has 2 rings (SSSR count). The molecule has 0 aromatic heterocycles. The van der Waals surface area contributed by atoms with Crippen molar-refractivity contribution >= 4 is 6.08 Å². The molecule has 1 aromatic rings. The first-order valence-electron chi connectivity index (χ1n) is 5.67. The van der Waals surface area contributed by atoms with Crippen molar-refractivity contribution in [2.24, 2.45) is 0 Å².